The smallest absolute Gasteiger partial charge is 0.185 e. The summed E-state index contributed by atoms with van der Waals surface area (Å²) in [5.41, 5.74) is 2.80. The van der Waals surface area contributed by atoms with E-state index in [1.165, 1.54) is 29.0 Å². The zero-order valence-corrected chi connectivity index (χ0v) is 17.1. The fourth-order valence-corrected chi connectivity index (χ4v) is 4.00. The van der Waals surface area contributed by atoms with Gasteiger partial charge in [0, 0.05) is 0 Å². The van der Waals surface area contributed by atoms with Gasteiger partial charge in [-0.05, 0) is 49.3 Å². The van der Waals surface area contributed by atoms with Crippen molar-refractivity contribution in [3.63, 3.8) is 0 Å². The Hall–Kier alpha value is -1.92. The van der Waals surface area contributed by atoms with Crippen molar-refractivity contribution < 1.29 is 9.13 Å². The second kappa shape index (κ2) is 8.40. The number of allylic oxidation sites excluding steroid dienone is 2. The van der Waals surface area contributed by atoms with Crippen molar-refractivity contribution in [2.24, 2.45) is 0 Å². The Morgan fingerprint density at radius 1 is 1.37 bits per heavy atom. The van der Waals surface area contributed by atoms with Crippen molar-refractivity contribution in [1.82, 2.24) is 14.8 Å². The van der Waals surface area contributed by atoms with Crippen molar-refractivity contribution in [2.75, 3.05) is 6.26 Å². The van der Waals surface area contributed by atoms with E-state index in [1.807, 2.05) is 30.9 Å². The highest BCUT2D eigenvalue weighted by Crippen LogP contribution is 2.53. The minimum atomic E-state index is -0.599. The molecule has 2 aliphatic rings. The number of nitrogens with zero attached hydrogens (tertiary/aromatic N) is 3. The SMILES string of the molecule is CC.CSc1ncnn1CC1(c2cccc(F)c2)OC1C1=C(C)CCC=C1. The van der Waals surface area contributed by atoms with Gasteiger partial charge in [0.25, 0.3) is 0 Å². The molecule has 27 heavy (non-hydrogen) atoms. The summed E-state index contributed by atoms with van der Waals surface area (Å²) in [6.07, 6.45) is 9.89. The number of epoxide rings is 1. The summed E-state index contributed by atoms with van der Waals surface area (Å²) in [6, 6.07) is 6.70. The number of thioether (sulfide) groups is 1. The Bertz CT molecular complexity index is 861. The summed E-state index contributed by atoms with van der Waals surface area (Å²) in [5, 5.41) is 5.16. The summed E-state index contributed by atoms with van der Waals surface area (Å²) < 4.78 is 22.0. The lowest BCUT2D eigenvalue weighted by Gasteiger charge is -2.17. The van der Waals surface area contributed by atoms with E-state index in [0.717, 1.165) is 23.6 Å². The summed E-state index contributed by atoms with van der Waals surface area (Å²) in [6.45, 7) is 6.67. The number of aromatic nitrogens is 3. The third kappa shape index (κ3) is 3.87. The minimum absolute atomic E-state index is 0.0789. The standard InChI is InChI=1S/C19H20FN3OS.C2H6/c1-13-6-3-4-9-16(13)17-19(24-17,14-7-5-8-15(20)10-14)11-23-18(25-2)21-12-22-23;1-2/h4-5,7-10,12,17H,3,6,11H2,1-2H3;1-2H3. The summed E-state index contributed by atoms with van der Waals surface area (Å²) in [7, 11) is 0. The largest absolute Gasteiger partial charge is 0.354 e. The Morgan fingerprint density at radius 2 is 2.19 bits per heavy atom. The molecule has 2 unspecified atom stereocenters. The predicted octanol–water partition coefficient (Wildman–Crippen LogP) is 5.13. The molecule has 6 heteroatoms. The van der Waals surface area contributed by atoms with E-state index < -0.39 is 5.60 Å². The van der Waals surface area contributed by atoms with Crippen LogP contribution in [0.5, 0.6) is 0 Å². The van der Waals surface area contributed by atoms with Crippen LogP contribution in [0.3, 0.4) is 0 Å². The normalized spacial score (nSPS) is 23.8. The molecule has 1 aliphatic heterocycles. The zero-order chi connectivity index (χ0) is 19.4. The van der Waals surface area contributed by atoms with E-state index in [9.17, 15) is 4.39 Å². The molecule has 1 aromatic carbocycles. The van der Waals surface area contributed by atoms with Gasteiger partial charge in [0.1, 0.15) is 23.8 Å². The van der Waals surface area contributed by atoms with Crippen molar-refractivity contribution in [3.8, 4) is 0 Å². The molecule has 144 valence electrons. The average molecular weight is 388 g/mol. The Morgan fingerprint density at radius 3 is 2.89 bits per heavy atom. The van der Waals surface area contributed by atoms with Crippen LogP contribution in [0.15, 0.2) is 59.0 Å². The van der Waals surface area contributed by atoms with Crippen LogP contribution in [0, 0.1) is 5.82 Å². The molecule has 0 spiro atoms. The maximum atomic E-state index is 13.9. The molecule has 4 nitrogen and oxygen atoms in total. The number of hydrogen-bond donors (Lipinski definition) is 0. The van der Waals surface area contributed by atoms with Gasteiger partial charge in [-0.25, -0.2) is 14.1 Å². The number of ether oxygens (including phenoxy) is 1. The van der Waals surface area contributed by atoms with E-state index in [1.54, 1.807) is 18.5 Å². The maximum absolute atomic E-state index is 13.9. The quantitative estimate of drug-likeness (QED) is 0.527. The monoisotopic (exact) mass is 387 g/mol. The lowest BCUT2D eigenvalue weighted by Crippen LogP contribution is -2.23. The van der Waals surface area contributed by atoms with Crippen LogP contribution in [0.2, 0.25) is 0 Å². The van der Waals surface area contributed by atoms with E-state index in [2.05, 4.69) is 29.2 Å². The van der Waals surface area contributed by atoms with Crippen LogP contribution in [-0.4, -0.2) is 27.1 Å². The van der Waals surface area contributed by atoms with Gasteiger partial charge in [-0.15, -0.1) is 0 Å². The summed E-state index contributed by atoms with van der Waals surface area (Å²) >= 11 is 1.54. The van der Waals surface area contributed by atoms with Crippen molar-refractivity contribution in [1.29, 1.82) is 0 Å². The van der Waals surface area contributed by atoms with E-state index in [-0.39, 0.29) is 11.9 Å². The highest BCUT2D eigenvalue weighted by Gasteiger charge is 2.60. The number of rotatable bonds is 5. The van der Waals surface area contributed by atoms with Crippen LogP contribution >= 0.6 is 11.8 Å². The highest BCUT2D eigenvalue weighted by atomic mass is 32.2. The molecule has 0 amide bonds. The van der Waals surface area contributed by atoms with Crippen LogP contribution < -0.4 is 0 Å². The van der Waals surface area contributed by atoms with E-state index in [0.29, 0.717) is 6.54 Å². The molecule has 4 rings (SSSR count). The second-order valence-corrected chi connectivity index (χ2v) is 7.25. The Kier molecular flexibility index (Phi) is 6.17. The average Bonchev–Trinajstić information content (AvgIpc) is 3.23. The number of benzene rings is 1. The van der Waals surface area contributed by atoms with Crippen molar-refractivity contribution >= 4 is 11.8 Å². The van der Waals surface area contributed by atoms with Gasteiger partial charge in [0.15, 0.2) is 5.16 Å². The van der Waals surface area contributed by atoms with E-state index in [4.69, 9.17) is 4.74 Å². The predicted molar refractivity (Wildman–Crippen MR) is 107 cm³/mol. The molecule has 2 aromatic rings. The third-order valence-electron chi connectivity index (χ3n) is 4.91. The third-order valence-corrected chi connectivity index (χ3v) is 5.59. The first kappa shape index (κ1) is 19.8. The van der Waals surface area contributed by atoms with E-state index >= 15 is 0 Å². The first-order valence-corrected chi connectivity index (χ1v) is 10.6. The molecule has 1 aliphatic carbocycles. The molecule has 0 radical (unpaired) electrons. The fraction of sp³-hybridized carbons (Fsp3) is 0.429. The molecular weight excluding hydrogens is 361 g/mol. The molecule has 1 fully saturated rings. The minimum Gasteiger partial charge on any atom is -0.354 e. The Labute approximate surface area is 164 Å². The molecule has 2 heterocycles. The van der Waals surface area contributed by atoms with Gasteiger partial charge >= 0.3 is 0 Å². The topological polar surface area (TPSA) is 43.2 Å². The lowest BCUT2D eigenvalue weighted by atomic mass is 9.87. The highest BCUT2D eigenvalue weighted by molar-refractivity contribution is 7.98. The van der Waals surface area contributed by atoms with Crippen molar-refractivity contribution in [3.05, 3.63) is 65.3 Å². The van der Waals surface area contributed by atoms with Gasteiger partial charge in [-0.1, -0.05) is 55.5 Å². The van der Waals surface area contributed by atoms with Crippen LogP contribution in [0.25, 0.3) is 0 Å². The first-order chi connectivity index (χ1) is 13.1. The molecule has 1 aromatic heterocycles. The molecule has 0 N–H and O–H groups in total. The molecule has 0 saturated carbocycles. The Balaban J connectivity index is 0.00000102. The summed E-state index contributed by atoms with van der Waals surface area (Å²) in [5.74, 6) is -0.250. The zero-order valence-electron chi connectivity index (χ0n) is 16.3. The number of hydrogen-bond acceptors (Lipinski definition) is 4. The van der Waals surface area contributed by atoms with Gasteiger partial charge in [-0.3, -0.25) is 0 Å². The van der Waals surface area contributed by atoms with Gasteiger partial charge in [-0.2, -0.15) is 5.10 Å². The van der Waals surface area contributed by atoms with Gasteiger partial charge in [0.05, 0.1) is 6.54 Å². The van der Waals surface area contributed by atoms with Gasteiger partial charge < -0.3 is 4.74 Å². The maximum Gasteiger partial charge on any atom is 0.185 e. The summed E-state index contributed by atoms with van der Waals surface area (Å²) in [4.78, 5) is 4.27. The van der Waals surface area contributed by atoms with Gasteiger partial charge in [0.2, 0.25) is 0 Å². The van der Waals surface area contributed by atoms with Crippen LogP contribution in [-0.2, 0) is 16.9 Å². The van der Waals surface area contributed by atoms with Crippen LogP contribution in [0.1, 0.15) is 39.2 Å². The lowest BCUT2D eigenvalue weighted by molar-refractivity contribution is 0.258. The molecular formula is C21H26FN3OS. The second-order valence-electron chi connectivity index (χ2n) is 6.48. The molecule has 1 saturated heterocycles. The first-order valence-electron chi connectivity index (χ1n) is 9.36. The fourth-order valence-electron chi connectivity index (χ4n) is 3.52. The molecule has 0 bridgehead atoms. The molecule has 2 atom stereocenters. The van der Waals surface area contributed by atoms with Crippen molar-refractivity contribution in [2.45, 2.75) is 57.0 Å². The van der Waals surface area contributed by atoms with Crippen LogP contribution in [0.4, 0.5) is 4.39 Å². The number of halogens is 1.